The average molecular weight is 481 g/mol. The summed E-state index contributed by atoms with van der Waals surface area (Å²) in [4.78, 5) is 0. The molecule has 31 heavy (non-hydrogen) atoms. The maximum atomic E-state index is 11.3. The van der Waals surface area contributed by atoms with Gasteiger partial charge in [-0.15, -0.1) is 0 Å². The Hall–Kier alpha value is -0.260. The molecule has 1 unspecified atom stereocenters. The molecule has 0 heterocycles. The van der Waals surface area contributed by atoms with E-state index in [1.54, 1.807) is 6.92 Å². The van der Waals surface area contributed by atoms with Crippen LogP contribution in [0.1, 0.15) is 78.6 Å². The maximum Gasteiger partial charge on any atom is 0.397 e. The van der Waals surface area contributed by atoms with Gasteiger partial charge < -0.3 is 0 Å². The van der Waals surface area contributed by atoms with Crippen molar-refractivity contribution in [1.29, 1.82) is 0 Å². The second-order valence-corrected chi connectivity index (χ2v) is 13.1. The first kappa shape index (κ1) is 23.9. The Balaban J connectivity index is 1.50. The van der Waals surface area contributed by atoms with Crippen molar-refractivity contribution in [2.24, 2.45) is 40.4 Å². The molecular formula is C21H36O8S2. The van der Waals surface area contributed by atoms with E-state index >= 15 is 0 Å². The molecule has 0 aromatic heterocycles. The van der Waals surface area contributed by atoms with Gasteiger partial charge in [-0.2, -0.15) is 16.8 Å². The van der Waals surface area contributed by atoms with Crippen molar-refractivity contribution in [3.05, 3.63) is 0 Å². The maximum absolute atomic E-state index is 11.3. The molecule has 0 aromatic carbocycles. The molecule has 4 aliphatic carbocycles. The van der Waals surface area contributed by atoms with Gasteiger partial charge in [-0.05, 0) is 105 Å². The van der Waals surface area contributed by atoms with Gasteiger partial charge in [0.25, 0.3) is 0 Å². The molecule has 4 rings (SSSR count). The van der Waals surface area contributed by atoms with Crippen LogP contribution in [0.4, 0.5) is 0 Å². The van der Waals surface area contributed by atoms with Crippen molar-refractivity contribution >= 4 is 20.8 Å². The fraction of sp³-hybridized carbons (Fsp3) is 1.00. The molecule has 4 saturated carbocycles. The predicted molar refractivity (Wildman–Crippen MR) is 114 cm³/mol. The first-order valence-corrected chi connectivity index (χ1v) is 14.3. The van der Waals surface area contributed by atoms with E-state index in [1.165, 1.54) is 0 Å². The summed E-state index contributed by atoms with van der Waals surface area (Å²) in [5, 5.41) is 0. The second kappa shape index (κ2) is 7.91. The average Bonchev–Trinajstić information content (AvgIpc) is 2.97. The molecule has 10 heteroatoms. The SMILES string of the molecule is C[C@@H](OS(=O)(=O)O)C1CC[C@H]2[C@@H]3CC[C@H]4C[C@H](OS(=O)(=O)O)CC[C@]4(C)[C@H]3CC[C@]12C. The zero-order valence-electron chi connectivity index (χ0n) is 18.6. The van der Waals surface area contributed by atoms with Crippen molar-refractivity contribution < 1.29 is 34.3 Å². The lowest BCUT2D eigenvalue weighted by molar-refractivity contribution is -0.129. The van der Waals surface area contributed by atoms with Crippen molar-refractivity contribution in [3.63, 3.8) is 0 Å². The van der Waals surface area contributed by atoms with Gasteiger partial charge in [-0.3, -0.25) is 9.11 Å². The zero-order chi connectivity index (χ0) is 22.8. The Morgan fingerprint density at radius 2 is 1.48 bits per heavy atom. The van der Waals surface area contributed by atoms with Gasteiger partial charge in [0.1, 0.15) is 0 Å². The van der Waals surface area contributed by atoms with Crippen LogP contribution in [-0.4, -0.2) is 38.1 Å². The molecule has 4 aliphatic rings. The Morgan fingerprint density at radius 1 is 0.839 bits per heavy atom. The summed E-state index contributed by atoms with van der Waals surface area (Å²) >= 11 is 0. The molecule has 8 nitrogen and oxygen atoms in total. The highest BCUT2D eigenvalue weighted by atomic mass is 32.3. The highest BCUT2D eigenvalue weighted by molar-refractivity contribution is 7.81. The Kier molecular flexibility index (Phi) is 6.09. The quantitative estimate of drug-likeness (QED) is 0.564. The van der Waals surface area contributed by atoms with E-state index in [9.17, 15) is 16.8 Å². The minimum Gasteiger partial charge on any atom is -0.264 e. The number of hydrogen-bond acceptors (Lipinski definition) is 6. The van der Waals surface area contributed by atoms with E-state index in [4.69, 9.17) is 17.5 Å². The third-order valence-corrected chi connectivity index (χ3v) is 10.9. The van der Waals surface area contributed by atoms with E-state index in [-0.39, 0.29) is 16.7 Å². The highest BCUT2D eigenvalue weighted by Gasteiger charge is 2.61. The van der Waals surface area contributed by atoms with Crippen molar-refractivity contribution in [3.8, 4) is 0 Å². The summed E-state index contributed by atoms with van der Waals surface area (Å²) in [7, 11) is -8.89. The number of hydrogen-bond donors (Lipinski definition) is 2. The summed E-state index contributed by atoms with van der Waals surface area (Å²) < 4.78 is 73.0. The summed E-state index contributed by atoms with van der Waals surface area (Å²) in [6, 6.07) is 0. The molecule has 2 N–H and O–H groups in total. The summed E-state index contributed by atoms with van der Waals surface area (Å²) in [5.41, 5.74) is 0.137. The van der Waals surface area contributed by atoms with Crippen LogP contribution < -0.4 is 0 Å². The smallest absolute Gasteiger partial charge is 0.264 e. The van der Waals surface area contributed by atoms with Gasteiger partial charge in [0.15, 0.2) is 0 Å². The molecule has 180 valence electrons. The molecular weight excluding hydrogens is 444 g/mol. The lowest BCUT2D eigenvalue weighted by Gasteiger charge is -2.61. The lowest BCUT2D eigenvalue weighted by Crippen LogP contribution is -2.54. The van der Waals surface area contributed by atoms with Crippen molar-refractivity contribution in [2.45, 2.75) is 90.8 Å². The topological polar surface area (TPSA) is 127 Å². The van der Waals surface area contributed by atoms with Crippen LogP contribution in [0.2, 0.25) is 0 Å². The van der Waals surface area contributed by atoms with E-state index in [0.29, 0.717) is 36.5 Å². The monoisotopic (exact) mass is 480 g/mol. The van der Waals surface area contributed by atoms with Gasteiger partial charge in [0, 0.05) is 0 Å². The van der Waals surface area contributed by atoms with Crippen LogP contribution in [0.25, 0.3) is 0 Å². The predicted octanol–water partition coefficient (Wildman–Crippen LogP) is 4.04. The normalized spacial score (nSPS) is 46.6. The molecule has 0 radical (unpaired) electrons. The molecule has 0 saturated heterocycles. The van der Waals surface area contributed by atoms with Crippen LogP contribution in [0.15, 0.2) is 0 Å². The van der Waals surface area contributed by atoms with Crippen LogP contribution in [-0.2, 0) is 29.2 Å². The van der Waals surface area contributed by atoms with Crippen molar-refractivity contribution in [1.82, 2.24) is 0 Å². The first-order chi connectivity index (χ1) is 14.2. The molecule has 4 fully saturated rings. The van der Waals surface area contributed by atoms with Crippen LogP contribution in [0.5, 0.6) is 0 Å². The first-order valence-electron chi connectivity index (χ1n) is 11.5. The molecule has 0 spiro atoms. The third kappa shape index (κ3) is 4.45. The minimum absolute atomic E-state index is 0.000248. The molecule has 0 aromatic rings. The summed E-state index contributed by atoms with van der Waals surface area (Å²) in [6.45, 7) is 6.39. The molecule has 0 aliphatic heterocycles. The minimum atomic E-state index is -4.47. The Labute approximate surface area is 186 Å². The molecule has 0 bridgehead atoms. The number of fused-ring (bicyclic) bond motifs is 5. The van der Waals surface area contributed by atoms with E-state index in [2.05, 4.69) is 13.8 Å². The van der Waals surface area contributed by atoms with Crippen LogP contribution in [0, 0.1) is 40.4 Å². The largest absolute Gasteiger partial charge is 0.397 e. The van der Waals surface area contributed by atoms with Gasteiger partial charge in [0.05, 0.1) is 12.2 Å². The zero-order valence-corrected chi connectivity index (χ0v) is 20.2. The van der Waals surface area contributed by atoms with Gasteiger partial charge in [-0.1, -0.05) is 13.8 Å². The van der Waals surface area contributed by atoms with Crippen LogP contribution >= 0.6 is 0 Å². The highest BCUT2D eigenvalue weighted by Crippen LogP contribution is 2.68. The molecule has 0 amide bonds. The van der Waals surface area contributed by atoms with E-state index < -0.39 is 33.0 Å². The third-order valence-electron chi connectivity index (χ3n) is 9.79. The second-order valence-electron chi connectivity index (χ2n) is 11.0. The Morgan fingerprint density at radius 3 is 2.13 bits per heavy atom. The van der Waals surface area contributed by atoms with Gasteiger partial charge >= 0.3 is 20.8 Å². The Bertz CT molecular complexity index is 902. The summed E-state index contributed by atoms with van der Waals surface area (Å²) in [5.74, 6) is 2.13. The fourth-order valence-corrected chi connectivity index (χ4v) is 9.59. The molecule has 9 atom stereocenters. The summed E-state index contributed by atoms with van der Waals surface area (Å²) in [6.07, 6.45) is 7.38. The standard InChI is InChI=1S/C21H36O8S2/c1-13(28-30(22,23)24)17-6-7-18-16-5-4-14-12-15(29-31(25,26)27)8-10-20(14,2)19(16)9-11-21(17,18)3/h13-19H,4-12H2,1-3H3,(H,22,23,24)(H,25,26,27)/t13-,14+,15-,16+,17?,18+,19+,20+,21-/m1/s1. The fourth-order valence-electron chi connectivity index (χ4n) is 8.55. The number of rotatable bonds is 5. The van der Waals surface area contributed by atoms with Crippen LogP contribution in [0.3, 0.4) is 0 Å². The van der Waals surface area contributed by atoms with Gasteiger partial charge in [0.2, 0.25) is 0 Å². The van der Waals surface area contributed by atoms with E-state index in [1.807, 2.05) is 0 Å². The lowest BCUT2D eigenvalue weighted by atomic mass is 9.44. The van der Waals surface area contributed by atoms with Gasteiger partial charge in [-0.25, -0.2) is 8.37 Å². The van der Waals surface area contributed by atoms with E-state index in [0.717, 1.165) is 44.9 Å². The van der Waals surface area contributed by atoms with Crippen molar-refractivity contribution in [2.75, 3.05) is 0 Å².